The van der Waals surface area contributed by atoms with Crippen LogP contribution in [0.4, 0.5) is 0 Å². The summed E-state index contributed by atoms with van der Waals surface area (Å²) < 4.78 is 0. The summed E-state index contributed by atoms with van der Waals surface area (Å²) in [5.41, 5.74) is 2.11. The fraction of sp³-hybridized carbons (Fsp3) is 0.556. The van der Waals surface area contributed by atoms with Crippen molar-refractivity contribution in [2.75, 3.05) is 0 Å². The van der Waals surface area contributed by atoms with Crippen molar-refractivity contribution in [3.63, 3.8) is 0 Å². The number of benzene rings is 1. The van der Waals surface area contributed by atoms with Crippen molar-refractivity contribution in [1.29, 1.82) is 0 Å². The van der Waals surface area contributed by atoms with E-state index in [4.69, 9.17) is 6.42 Å². The van der Waals surface area contributed by atoms with Gasteiger partial charge in [-0.15, -0.1) is 0 Å². The van der Waals surface area contributed by atoms with Gasteiger partial charge in [0.25, 0.3) is 0 Å². The van der Waals surface area contributed by atoms with Crippen molar-refractivity contribution in [1.82, 2.24) is 4.90 Å². The first-order valence-corrected chi connectivity index (χ1v) is 7.91. The van der Waals surface area contributed by atoms with Crippen LogP contribution in [0.3, 0.4) is 0 Å². The molecule has 1 aromatic carbocycles. The largest absolute Gasteiger partial charge is 0.388 e. The Labute approximate surface area is 126 Å². The summed E-state index contributed by atoms with van der Waals surface area (Å²) in [5.74, 6) is 0.400. The van der Waals surface area contributed by atoms with Crippen molar-refractivity contribution < 1.29 is 10.2 Å². The molecule has 0 aromatic heterocycles. The summed E-state index contributed by atoms with van der Waals surface area (Å²) in [5, 5.41) is 20.1. The summed E-state index contributed by atoms with van der Waals surface area (Å²) in [4.78, 5) is 1.63. The molecule has 2 unspecified atom stereocenters. The van der Waals surface area contributed by atoms with Gasteiger partial charge in [0.2, 0.25) is 0 Å². The highest BCUT2D eigenvalue weighted by atomic mass is 16.3. The maximum atomic E-state index is 10.5. The molecule has 1 aliphatic carbocycles. The summed E-state index contributed by atoms with van der Waals surface area (Å²) in [6.07, 6.45) is 11.2. The normalized spacial score (nSPS) is 27.8. The molecular weight excluding hydrogens is 262 g/mol. The molecule has 0 radical (unpaired) electrons. The number of nitrogens with zero attached hydrogens (tertiary/aromatic N) is 1. The maximum absolute atomic E-state index is 10.5. The maximum Gasteiger partial charge on any atom is 0.136 e. The van der Waals surface area contributed by atoms with Crippen LogP contribution in [0, 0.1) is 18.4 Å². The summed E-state index contributed by atoms with van der Waals surface area (Å²) in [6, 6.07) is 10.7. The van der Waals surface area contributed by atoms with Crippen LogP contribution in [-0.4, -0.2) is 21.3 Å². The summed E-state index contributed by atoms with van der Waals surface area (Å²) in [7, 11) is 0. The Morgan fingerprint density at radius 2 is 1.81 bits per heavy atom. The lowest BCUT2D eigenvalue weighted by atomic mass is 9.82. The lowest BCUT2D eigenvalue weighted by molar-refractivity contribution is -0.0798. The van der Waals surface area contributed by atoms with Crippen LogP contribution in [-0.2, 0) is 0 Å². The molecule has 3 heteroatoms. The zero-order valence-corrected chi connectivity index (χ0v) is 12.3. The summed E-state index contributed by atoms with van der Waals surface area (Å²) >= 11 is 0. The van der Waals surface area contributed by atoms with Gasteiger partial charge in [0.1, 0.15) is 6.23 Å². The van der Waals surface area contributed by atoms with Crippen molar-refractivity contribution in [2.24, 2.45) is 5.92 Å². The molecule has 1 heterocycles. The SMILES string of the molecule is C#CN1C(O)C[C@@H]1c1ccc(C(O)C2CCCCC2)cc1. The van der Waals surface area contributed by atoms with Crippen molar-refractivity contribution in [3.05, 3.63) is 35.4 Å². The van der Waals surface area contributed by atoms with Gasteiger partial charge in [0.15, 0.2) is 0 Å². The zero-order valence-electron chi connectivity index (χ0n) is 12.3. The van der Waals surface area contributed by atoms with Gasteiger partial charge in [0.05, 0.1) is 12.1 Å². The molecular formula is C18H23NO2. The molecule has 1 aliphatic heterocycles. The predicted octanol–water partition coefficient (Wildman–Crippen LogP) is 2.96. The number of aliphatic hydroxyl groups excluding tert-OH is 2. The molecule has 1 saturated heterocycles. The first-order chi connectivity index (χ1) is 10.2. The molecule has 2 N–H and O–H groups in total. The van der Waals surface area contributed by atoms with Crippen LogP contribution < -0.4 is 0 Å². The second-order valence-corrected chi connectivity index (χ2v) is 6.28. The fourth-order valence-corrected chi connectivity index (χ4v) is 3.61. The second kappa shape index (κ2) is 6.09. The van der Waals surface area contributed by atoms with Crippen LogP contribution in [0.15, 0.2) is 24.3 Å². The highest BCUT2D eigenvalue weighted by Gasteiger charge is 2.36. The molecule has 0 amide bonds. The Balaban J connectivity index is 1.68. The standard InChI is InChI=1S/C18H23NO2/c1-2-19-16(12-17(19)20)13-8-10-15(11-9-13)18(21)14-6-4-3-5-7-14/h1,8-11,14,16-18,20-21H,3-7,12H2/t16-,17?,18?/m1/s1. The van der Waals surface area contributed by atoms with Gasteiger partial charge in [-0.1, -0.05) is 50.0 Å². The molecule has 3 nitrogen and oxygen atoms in total. The molecule has 2 fully saturated rings. The van der Waals surface area contributed by atoms with E-state index < -0.39 is 6.23 Å². The number of hydrogen-bond donors (Lipinski definition) is 2. The van der Waals surface area contributed by atoms with Crippen molar-refractivity contribution >= 4 is 0 Å². The average Bonchev–Trinajstić information content (AvgIpc) is 2.53. The van der Waals surface area contributed by atoms with Crippen LogP contribution in [0.2, 0.25) is 0 Å². The zero-order chi connectivity index (χ0) is 14.8. The highest BCUT2D eigenvalue weighted by Crippen LogP contribution is 2.38. The van der Waals surface area contributed by atoms with Gasteiger partial charge in [-0.3, -0.25) is 4.90 Å². The number of hydrogen-bond acceptors (Lipinski definition) is 3. The lowest BCUT2D eigenvalue weighted by Crippen LogP contribution is -2.46. The topological polar surface area (TPSA) is 43.7 Å². The van der Waals surface area contributed by atoms with E-state index in [0.717, 1.165) is 24.0 Å². The molecule has 1 aromatic rings. The van der Waals surface area contributed by atoms with Gasteiger partial charge < -0.3 is 10.2 Å². The first kappa shape index (κ1) is 14.4. The third kappa shape index (κ3) is 2.79. The minimum atomic E-state index is -0.521. The Morgan fingerprint density at radius 1 is 1.14 bits per heavy atom. The van der Waals surface area contributed by atoms with E-state index in [1.54, 1.807) is 4.90 Å². The Hall–Kier alpha value is -1.50. The summed E-state index contributed by atoms with van der Waals surface area (Å²) in [6.45, 7) is 0. The highest BCUT2D eigenvalue weighted by molar-refractivity contribution is 5.29. The number of aliphatic hydroxyl groups is 2. The van der Waals surface area contributed by atoms with E-state index >= 15 is 0 Å². The molecule has 3 atom stereocenters. The Kier molecular flexibility index (Phi) is 4.19. The van der Waals surface area contributed by atoms with E-state index in [2.05, 4.69) is 6.04 Å². The lowest BCUT2D eigenvalue weighted by Gasteiger charge is -2.43. The van der Waals surface area contributed by atoms with Crippen LogP contribution in [0.5, 0.6) is 0 Å². The van der Waals surface area contributed by atoms with Crippen LogP contribution in [0.1, 0.15) is 61.8 Å². The van der Waals surface area contributed by atoms with Gasteiger partial charge >= 0.3 is 0 Å². The number of likely N-dealkylation sites (tertiary alicyclic amines) is 1. The quantitative estimate of drug-likeness (QED) is 0.839. The predicted molar refractivity (Wildman–Crippen MR) is 82.0 cm³/mol. The van der Waals surface area contributed by atoms with E-state index in [0.29, 0.717) is 12.3 Å². The molecule has 112 valence electrons. The van der Waals surface area contributed by atoms with E-state index in [1.807, 2.05) is 24.3 Å². The minimum Gasteiger partial charge on any atom is -0.388 e. The Bertz CT molecular complexity index is 513. The second-order valence-electron chi connectivity index (χ2n) is 6.28. The monoisotopic (exact) mass is 285 g/mol. The fourth-order valence-electron chi connectivity index (χ4n) is 3.61. The molecule has 3 rings (SSSR count). The third-order valence-corrected chi connectivity index (χ3v) is 5.00. The molecule has 1 saturated carbocycles. The van der Waals surface area contributed by atoms with Gasteiger partial charge in [-0.2, -0.15) is 0 Å². The van der Waals surface area contributed by atoms with E-state index in [-0.39, 0.29) is 12.1 Å². The van der Waals surface area contributed by atoms with Gasteiger partial charge in [0, 0.05) is 12.5 Å². The van der Waals surface area contributed by atoms with Crippen LogP contribution >= 0.6 is 0 Å². The van der Waals surface area contributed by atoms with E-state index in [9.17, 15) is 10.2 Å². The van der Waals surface area contributed by atoms with Crippen molar-refractivity contribution in [2.45, 2.75) is 56.9 Å². The molecule has 0 spiro atoms. The molecule has 21 heavy (non-hydrogen) atoms. The van der Waals surface area contributed by atoms with Crippen LogP contribution in [0.25, 0.3) is 0 Å². The smallest absolute Gasteiger partial charge is 0.136 e. The minimum absolute atomic E-state index is 0.103. The Morgan fingerprint density at radius 3 is 2.38 bits per heavy atom. The number of terminal acetylenes is 1. The van der Waals surface area contributed by atoms with Crippen molar-refractivity contribution in [3.8, 4) is 12.5 Å². The third-order valence-electron chi connectivity index (χ3n) is 5.00. The number of rotatable bonds is 3. The molecule has 2 aliphatic rings. The van der Waals surface area contributed by atoms with E-state index in [1.165, 1.54) is 19.3 Å². The first-order valence-electron chi connectivity index (χ1n) is 7.91. The molecule has 0 bridgehead atoms. The average molecular weight is 285 g/mol. The van der Waals surface area contributed by atoms with Gasteiger partial charge in [-0.05, 0) is 29.9 Å². The van der Waals surface area contributed by atoms with Gasteiger partial charge in [-0.25, -0.2) is 0 Å².